The van der Waals surface area contributed by atoms with E-state index in [1.54, 1.807) is 7.11 Å². The Morgan fingerprint density at radius 2 is 1.76 bits per heavy atom. The van der Waals surface area contributed by atoms with Gasteiger partial charge in [0.2, 0.25) is 5.88 Å². The third kappa shape index (κ3) is 3.53. The van der Waals surface area contributed by atoms with Crippen molar-refractivity contribution in [2.24, 2.45) is 0 Å². The van der Waals surface area contributed by atoms with Crippen molar-refractivity contribution in [3.63, 3.8) is 0 Å². The number of methoxy groups -OCH3 is 1. The highest BCUT2D eigenvalue weighted by atomic mass is 16.5. The molecule has 0 atom stereocenters. The molecular weight excluding hydrogens is 310 g/mol. The molecule has 0 spiro atoms. The van der Waals surface area contributed by atoms with Gasteiger partial charge in [0, 0.05) is 24.4 Å². The molecule has 4 heteroatoms. The number of ether oxygens (including phenoxy) is 1. The van der Waals surface area contributed by atoms with Crippen molar-refractivity contribution in [2.45, 2.75) is 54.5 Å². The lowest BCUT2D eigenvalue weighted by atomic mass is 10.0. The van der Waals surface area contributed by atoms with Crippen LogP contribution < -0.4 is 4.74 Å². The molecule has 0 saturated heterocycles. The zero-order valence-electron chi connectivity index (χ0n) is 16.5. The van der Waals surface area contributed by atoms with Gasteiger partial charge in [0.25, 0.3) is 0 Å². The summed E-state index contributed by atoms with van der Waals surface area (Å²) in [5.41, 5.74) is 7.79. The summed E-state index contributed by atoms with van der Waals surface area (Å²) in [6, 6.07) is 6.21. The van der Waals surface area contributed by atoms with E-state index < -0.39 is 0 Å². The van der Waals surface area contributed by atoms with Crippen LogP contribution >= 0.6 is 0 Å². The number of pyridine rings is 2. The first-order valence-electron chi connectivity index (χ1n) is 9.10. The number of hydrogen-bond donors (Lipinski definition) is 0. The van der Waals surface area contributed by atoms with E-state index in [0.29, 0.717) is 5.88 Å². The third-order valence-electron chi connectivity index (χ3n) is 4.31. The summed E-state index contributed by atoms with van der Waals surface area (Å²) in [5, 5.41) is 0. The Morgan fingerprint density at radius 3 is 2.36 bits per heavy atom. The molecule has 0 aliphatic heterocycles. The van der Waals surface area contributed by atoms with Gasteiger partial charge in [0.15, 0.2) is 0 Å². The molecule has 0 amide bonds. The van der Waals surface area contributed by atoms with Crippen molar-refractivity contribution in [1.82, 2.24) is 14.5 Å². The summed E-state index contributed by atoms with van der Waals surface area (Å²) < 4.78 is 7.50. The van der Waals surface area contributed by atoms with Crippen LogP contribution in [0.3, 0.4) is 0 Å². The van der Waals surface area contributed by atoms with Crippen LogP contribution in [0.2, 0.25) is 0 Å². The smallest absolute Gasteiger partial charge is 0.213 e. The summed E-state index contributed by atoms with van der Waals surface area (Å²) in [5.74, 6) is 0.651. The van der Waals surface area contributed by atoms with Gasteiger partial charge in [-0.3, -0.25) is 0 Å². The Hall–Kier alpha value is -2.36. The van der Waals surface area contributed by atoms with Crippen LogP contribution in [0, 0.1) is 13.8 Å². The van der Waals surface area contributed by atoms with Crippen LogP contribution in [0.4, 0.5) is 0 Å². The average molecular weight is 339 g/mol. The van der Waals surface area contributed by atoms with Crippen LogP contribution in [0.25, 0.3) is 22.3 Å². The molecule has 0 aliphatic rings. The van der Waals surface area contributed by atoms with Gasteiger partial charge >= 0.3 is 0 Å². The molecule has 134 valence electrons. The zero-order valence-corrected chi connectivity index (χ0v) is 16.5. The molecule has 3 aromatic heterocycles. The van der Waals surface area contributed by atoms with Crippen molar-refractivity contribution in [2.75, 3.05) is 7.11 Å². The normalized spacial score (nSPS) is 10.5. The molecule has 3 aromatic rings. The van der Waals surface area contributed by atoms with Gasteiger partial charge in [-0.25, -0.2) is 9.97 Å². The topological polar surface area (TPSA) is 39.9 Å². The fourth-order valence-electron chi connectivity index (χ4n) is 3.09. The molecule has 0 aliphatic carbocycles. The summed E-state index contributed by atoms with van der Waals surface area (Å²) in [6.07, 6.45) is 3.02. The van der Waals surface area contributed by atoms with E-state index >= 15 is 0 Å². The quantitative estimate of drug-likeness (QED) is 0.645. The number of fused-ring (bicyclic) bond motifs is 1. The lowest BCUT2D eigenvalue weighted by molar-refractivity contribution is 0.396. The van der Waals surface area contributed by atoms with Gasteiger partial charge in [0.05, 0.1) is 29.5 Å². The maximum Gasteiger partial charge on any atom is 0.213 e. The Labute approximate surface area is 150 Å². The van der Waals surface area contributed by atoms with Crippen molar-refractivity contribution >= 4 is 11.0 Å². The Balaban J connectivity index is 0.00000109. The van der Waals surface area contributed by atoms with Gasteiger partial charge in [-0.15, -0.1) is 0 Å². The lowest BCUT2D eigenvalue weighted by Gasteiger charge is -2.12. The van der Waals surface area contributed by atoms with Crippen molar-refractivity contribution in [3.8, 4) is 17.1 Å². The number of aryl methyl sites for hydroxylation is 4. The maximum atomic E-state index is 5.25. The standard InChI is InChI=1S/C19H23N3O.C2H6/c1-6-15-14(8-9-17(20-15)23-5)18-12(3)10-16-19(21-18)13(4)11-22(16)7-2;1-2/h8-11H,6-7H2,1-5H3;1-2H3. The molecule has 0 N–H and O–H groups in total. The Kier molecular flexibility index (Phi) is 6.18. The fourth-order valence-corrected chi connectivity index (χ4v) is 3.09. The molecule has 0 radical (unpaired) electrons. The molecular formula is C21H29N3O. The van der Waals surface area contributed by atoms with E-state index in [0.717, 1.165) is 35.4 Å². The first-order valence-corrected chi connectivity index (χ1v) is 9.10. The van der Waals surface area contributed by atoms with Gasteiger partial charge in [-0.2, -0.15) is 0 Å². The first-order chi connectivity index (χ1) is 12.1. The van der Waals surface area contributed by atoms with Crippen molar-refractivity contribution < 1.29 is 4.74 Å². The largest absolute Gasteiger partial charge is 0.481 e. The van der Waals surface area contributed by atoms with Gasteiger partial charge in [-0.1, -0.05) is 20.8 Å². The molecule has 3 rings (SSSR count). The van der Waals surface area contributed by atoms with E-state index in [1.165, 1.54) is 16.6 Å². The van der Waals surface area contributed by atoms with Crippen LogP contribution in [-0.2, 0) is 13.0 Å². The van der Waals surface area contributed by atoms with Gasteiger partial charge in [0.1, 0.15) is 0 Å². The predicted octanol–water partition coefficient (Wildman–Crippen LogP) is 5.33. The summed E-state index contributed by atoms with van der Waals surface area (Å²) in [7, 11) is 1.65. The molecule has 4 nitrogen and oxygen atoms in total. The third-order valence-corrected chi connectivity index (χ3v) is 4.31. The van der Waals surface area contributed by atoms with Crippen LogP contribution in [-0.4, -0.2) is 21.6 Å². The second-order valence-corrected chi connectivity index (χ2v) is 5.82. The molecule has 3 heterocycles. The molecule has 0 fully saturated rings. The maximum absolute atomic E-state index is 5.25. The second kappa shape index (κ2) is 8.15. The molecule has 0 unspecified atom stereocenters. The molecule has 25 heavy (non-hydrogen) atoms. The van der Waals surface area contributed by atoms with Crippen LogP contribution in [0.15, 0.2) is 24.4 Å². The average Bonchev–Trinajstić information content (AvgIpc) is 2.97. The number of hydrogen-bond acceptors (Lipinski definition) is 3. The van der Waals surface area contributed by atoms with E-state index in [1.807, 2.05) is 19.9 Å². The van der Waals surface area contributed by atoms with Crippen molar-refractivity contribution in [1.29, 1.82) is 0 Å². The second-order valence-electron chi connectivity index (χ2n) is 5.82. The van der Waals surface area contributed by atoms with E-state index in [9.17, 15) is 0 Å². The van der Waals surface area contributed by atoms with E-state index in [4.69, 9.17) is 9.72 Å². The van der Waals surface area contributed by atoms with Crippen LogP contribution in [0.1, 0.15) is 44.5 Å². The summed E-state index contributed by atoms with van der Waals surface area (Å²) >= 11 is 0. The van der Waals surface area contributed by atoms with E-state index in [2.05, 4.69) is 55.6 Å². The highest BCUT2D eigenvalue weighted by Gasteiger charge is 2.15. The lowest BCUT2D eigenvalue weighted by Crippen LogP contribution is -1.99. The number of aromatic nitrogens is 3. The zero-order chi connectivity index (χ0) is 18.6. The van der Waals surface area contributed by atoms with E-state index in [-0.39, 0.29) is 0 Å². The first kappa shape index (κ1) is 19.0. The van der Waals surface area contributed by atoms with Crippen LogP contribution in [0.5, 0.6) is 5.88 Å². The predicted molar refractivity (Wildman–Crippen MR) is 105 cm³/mol. The summed E-state index contributed by atoms with van der Waals surface area (Å²) in [6.45, 7) is 13.5. The number of nitrogens with zero attached hydrogens (tertiary/aromatic N) is 3. The molecule has 0 aromatic carbocycles. The Morgan fingerprint density at radius 1 is 1.04 bits per heavy atom. The molecule has 0 bridgehead atoms. The van der Waals surface area contributed by atoms with Gasteiger partial charge in [-0.05, 0) is 50.5 Å². The minimum Gasteiger partial charge on any atom is -0.481 e. The van der Waals surface area contributed by atoms with Gasteiger partial charge < -0.3 is 9.30 Å². The monoisotopic (exact) mass is 339 g/mol. The highest BCUT2D eigenvalue weighted by molar-refractivity contribution is 5.84. The molecule has 0 saturated carbocycles. The SMILES string of the molecule is CC.CCc1nc(OC)ccc1-c1nc2c(C)cn(CC)c2cc1C. The Bertz CT molecular complexity index is 865. The minimum atomic E-state index is 0.651. The number of rotatable bonds is 4. The summed E-state index contributed by atoms with van der Waals surface area (Å²) in [4.78, 5) is 9.56. The minimum absolute atomic E-state index is 0.651. The highest BCUT2D eigenvalue weighted by Crippen LogP contribution is 2.30. The van der Waals surface area contributed by atoms with Crippen molar-refractivity contribution in [3.05, 3.63) is 41.2 Å². The fraction of sp³-hybridized carbons (Fsp3) is 0.429.